The Kier molecular flexibility index (Phi) is 4.86. The summed E-state index contributed by atoms with van der Waals surface area (Å²) in [5.74, 6) is 1.29. The summed E-state index contributed by atoms with van der Waals surface area (Å²) in [5.41, 5.74) is 2.13. The quantitative estimate of drug-likeness (QED) is 0.808. The Labute approximate surface area is 113 Å². The van der Waals surface area contributed by atoms with Crippen molar-refractivity contribution in [1.29, 1.82) is 0 Å². The highest BCUT2D eigenvalue weighted by molar-refractivity contribution is 5.29. The van der Waals surface area contributed by atoms with Gasteiger partial charge in [0.25, 0.3) is 0 Å². The number of ether oxygens (including phenoxy) is 1. The van der Waals surface area contributed by atoms with Gasteiger partial charge < -0.3 is 10.1 Å². The molecule has 2 rings (SSSR count). The molecule has 19 heavy (non-hydrogen) atoms. The van der Waals surface area contributed by atoms with Crippen molar-refractivity contribution >= 4 is 0 Å². The molecule has 4 nitrogen and oxygen atoms in total. The first-order chi connectivity index (χ1) is 9.28. The minimum Gasteiger partial charge on any atom is -0.438 e. The number of benzene rings is 1. The Balaban J connectivity index is 1.92. The minimum atomic E-state index is 0.517. The number of aryl methyl sites for hydroxylation is 1. The van der Waals surface area contributed by atoms with Crippen molar-refractivity contribution in [2.75, 3.05) is 6.54 Å². The average Bonchev–Trinajstić information content (AvgIpc) is 2.44. The van der Waals surface area contributed by atoms with Gasteiger partial charge in [-0.05, 0) is 32.0 Å². The molecule has 4 heteroatoms. The predicted molar refractivity (Wildman–Crippen MR) is 75.3 cm³/mol. The molecule has 0 fully saturated rings. The van der Waals surface area contributed by atoms with Crippen molar-refractivity contribution in [1.82, 2.24) is 15.3 Å². The van der Waals surface area contributed by atoms with Crippen LogP contribution in [0, 0.1) is 6.92 Å². The largest absolute Gasteiger partial charge is 0.438 e. The first kappa shape index (κ1) is 13.5. The number of nitrogens with one attached hydrogen (secondary N) is 1. The van der Waals surface area contributed by atoms with E-state index in [4.69, 9.17) is 4.74 Å². The molecule has 1 aromatic carbocycles. The number of hydrogen-bond donors (Lipinski definition) is 1. The molecule has 0 aliphatic heterocycles. The Morgan fingerprint density at radius 3 is 2.53 bits per heavy atom. The summed E-state index contributed by atoms with van der Waals surface area (Å²) < 4.78 is 5.62. The van der Waals surface area contributed by atoms with Gasteiger partial charge in [0.15, 0.2) is 0 Å². The van der Waals surface area contributed by atoms with E-state index in [9.17, 15) is 0 Å². The van der Waals surface area contributed by atoms with Crippen molar-refractivity contribution in [3.63, 3.8) is 0 Å². The first-order valence-electron chi connectivity index (χ1n) is 6.54. The maximum Gasteiger partial charge on any atom is 0.237 e. The molecule has 1 heterocycles. The maximum atomic E-state index is 5.62. The molecule has 0 saturated carbocycles. The SMILES string of the molecule is CCCNCc1cnc(Oc2ccc(C)cc2)cn1. The molecule has 0 atom stereocenters. The van der Waals surface area contributed by atoms with Crippen LogP contribution in [0.1, 0.15) is 24.6 Å². The van der Waals surface area contributed by atoms with E-state index in [2.05, 4.69) is 22.2 Å². The standard InChI is InChI=1S/C15H19N3O/c1-3-8-16-9-13-10-18-15(11-17-13)19-14-6-4-12(2)5-7-14/h4-7,10-11,16H,3,8-9H2,1-2H3. The van der Waals surface area contributed by atoms with Gasteiger partial charge >= 0.3 is 0 Å². The van der Waals surface area contributed by atoms with Crippen molar-refractivity contribution in [2.24, 2.45) is 0 Å². The topological polar surface area (TPSA) is 47.0 Å². The summed E-state index contributed by atoms with van der Waals surface area (Å²) in [6.45, 7) is 5.91. The van der Waals surface area contributed by atoms with Crippen LogP contribution < -0.4 is 10.1 Å². The van der Waals surface area contributed by atoms with Gasteiger partial charge in [-0.1, -0.05) is 24.6 Å². The molecule has 0 unspecified atom stereocenters. The number of aromatic nitrogens is 2. The molecule has 1 N–H and O–H groups in total. The molecule has 100 valence electrons. The van der Waals surface area contributed by atoms with E-state index in [-0.39, 0.29) is 0 Å². The lowest BCUT2D eigenvalue weighted by Gasteiger charge is -2.06. The van der Waals surface area contributed by atoms with Crippen LogP contribution >= 0.6 is 0 Å². The third-order valence-electron chi connectivity index (χ3n) is 2.66. The Morgan fingerprint density at radius 1 is 1.11 bits per heavy atom. The van der Waals surface area contributed by atoms with Gasteiger partial charge in [0.1, 0.15) is 5.75 Å². The van der Waals surface area contributed by atoms with Crippen molar-refractivity contribution in [2.45, 2.75) is 26.8 Å². The first-order valence-corrected chi connectivity index (χ1v) is 6.54. The van der Waals surface area contributed by atoms with Crippen molar-refractivity contribution in [3.05, 3.63) is 47.9 Å². The van der Waals surface area contributed by atoms with Crippen LogP contribution in [0.5, 0.6) is 11.6 Å². The lowest BCUT2D eigenvalue weighted by atomic mass is 10.2. The summed E-state index contributed by atoms with van der Waals surface area (Å²) >= 11 is 0. The monoisotopic (exact) mass is 257 g/mol. The fraction of sp³-hybridized carbons (Fsp3) is 0.333. The van der Waals surface area contributed by atoms with Crippen molar-refractivity contribution in [3.8, 4) is 11.6 Å². The number of rotatable bonds is 6. The summed E-state index contributed by atoms with van der Waals surface area (Å²) in [7, 11) is 0. The van der Waals surface area contributed by atoms with Crippen molar-refractivity contribution < 1.29 is 4.74 Å². The fourth-order valence-corrected chi connectivity index (χ4v) is 1.61. The number of nitrogens with zero attached hydrogens (tertiary/aromatic N) is 2. The van der Waals surface area contributed by atoms with Gasteiger partial charge in [-0.2, -0.15) is 0 Å². The highest BCUT2D eigenvalue weighted by Gasteiger charge is 2.00. The van der Waals surface area contributed by atoms with Crippen LogP contribution in [0.2, 0.25) is 0 Å². The molecule has 1 aromatic heterocycles. The van der Waals surface area contributed by atoms with E-state index in [1.165, 1.54) is 5.56 Å². The third-order valence-corrected chi connectivity index (χ3v) is 2.66. The third kappa shape index (κ3) is 4.34. The Bertz CT molecular complexity index is 494. The zero-order valence-electron chi connectivity index (χ0n) is 11.4. The number of hydrogen-bond acceptors (Lipinski definition) is 4. The van der Waals surface area contributed by atoms with Crippen LogP contribution in [-0.2, 0) is 6.54 Å². The zero-order chi connectivity index (χ0) is 13.5. The van der Waals surface area contributed by atoms with Crippen LogP contribution in [0.4, 0.5) is 0 Å². The molecular weight excluding hydrogens is 238 g/mol. The van der Waals surface area contributed by atoms with Crippen LogP contribution in [-0.4, -0.2) is 16.5 Å². The summed E-state index contributed by atoms with van der Waals surface area (Å²) in [5, 5.41) is 3.28. The van der Waals surface area contributed by atoms with Gasteiger partial charge in [-0.3, -0.25) is 4.98 Å². The van der Waals surface area contributed by atoms with E-state index in [0.717, 1.165) is 31.0 Å². The molecule has 0 saturated heterocycles. The van der Waals surface area contributed by atoms with Gasteiger partial charge in [0, 0.05) is 6.54 Å². The lowest BCUT2D eigenvalue weighted by Crippen LogP contribution is -2.14. The van der Waals surface area contributed by atoms with E-state index in [1.54, 1.807) is 12.4 Å². The highest BCUT2D eigenvalue weighted by atomic mass is 16.5. The van der Waals surface area contributed by atoms with Gasteiger partial charge in [0.05, 0.1) is 18.1 Å². The zero-order valence-corrected chi connectivity index (χ0v) is 11.4. The second-order valence-electron chi connectivity index (χ2n) is 4.44. The normalized spacial score (nSPS) is 10.4. The molecule has 0 radical (unpaired) electrons. The highest BCUT2D eigenvalue weighted by Crippen LogP contribution is 2.18. The van der Waals surface area contributed by atoms with Gasteiger partial charge in [-0.15, -0.1) is 0 Å². The molecule has 0 aliphatic rings. The smallest absolute Gasteiger partial charge is 0.237 e. The van der Waals surface area contributed by atoms with E-state index >= 15 is 0 Å². The van der Waals surface area contributed by atoms with Gasteiger partial charge in [0.2, 0.25) is 5.88 Å². The second-order valence-corrected chi connectivity index (χ2v) is 4.44. The molecule has 2 aromatic rings. The summed E-state index contributed by atoms with van der Waals surface area (Å²) in [6, 6.07) is 7.86. The summed E-state index contributed by atoms with van der Waals surface area (Å²) in [4.78, 5) is 8.56. The predicted octanol–water partition coefficient (Wildman–Crippen LogP) is 3.08. The minimum absolute atomic E-state index is 0.517. The lowest BCUT2D eigenvalue weighted by molar-refractivity contribution is 0.458. The van der Waals surface area contributed by atoms with E-state index < -0.39 is 0 Å². The van der Waals surface area contributed by atoms with Gasteiger partial charge in [-0.25, -0.2) is 4.98 Å². The maximum absolute atomic E-state index is 5.62. The molecule has 0 spiro atoms. The average molecular weight is 257 g/mol. The molecule has 0 amide bonds. The van der Waals surface area contributed by atoms with E-state index in [0.29, 0.717) is 5.88 Å². The van der Waals surface area contributed by atoms with Crippen LogP contribution in [0.15, 0.2) is 36.7 Å². The summed E-state index contributed by atoms with van der Waals surface area (Å²) in [6.07, 6.45) is 4.51. The molecule has 0 aliphatic carbocycles. The second kappa shape index (κ2) is 6.85. The van der Waals surface area contributed by atoms with E-state index in [1.807, 2.05) is 31.2 Å². The van der Waals surface area contributed by atoms with Crippen LogP contribution in [0.3, 0.4) is 0 Å². The fourth-order valence-electron chi connectivity index (χ4n) is 1.61. The molecule has 0 bridgehead atoms. The Hall–Kier alpha value is -1.94. The molecular formula is C15H19N3O. The Morgan fingerprint density at radius 2 is 1.89 bits per heavy atom. The van der Waals surface area contributed by atoms with Crippen LogP contribution in [0.25, 0.3) is 0 Å².